The number of aromatic amines is 1. The van der Waals surface area contributed by atoms with Gasteiger partial charge in [-0.2, -0.15) is 0 Å². The van der Waals surface area contributed by atoms with Crippen molar-refractivity contribution in [1.82, 2.24) is 15.2 Å². The highest BCUT2D eigenvalue weighted by molar-refractivity contribution is 5.85. The van der Waals surface area contributed by atoms with Crippen LogP contribution in [0.15, 0.2) is 24.3 Å². The molecule has 1 aromatic heterocycles. The van der Waals surface area contributed by atoms with Crippen LogP contribution in [-0.4, -0.2) is 48.6 Å². The lowest BCUT2D eigenvalue weighted by Gasteiger charge is -2.44. The molecule has 128 valence electrons. The molecule has 4 rings (SSSR count). The predicted molar refractivity (Wildman–Crippen MR) is 94.0 cm³/mol. The summed E-state index contributed by atoms with van der Waals surface area (Å²) in [5, 5.41) is 5.10. The van der Waals surface area contributed by atoms with Crippen molar-refractivity contribution in [3.8, 4) is 0 Å². The molecule has 1 fully saturated rings. The SMILES string of the molecule is CCOCC(=O)N1CCC2(CC1)NCCc1c2[nH]c2ccccc12. The summed E-state index contributed by atoms with van der Waals surface area (Å²) in [6.07, 6.45) is 2.96. The van der Waals surface area contributed by atoms with Crippen molar-refractivity contribution in [3.05, 3.63) is 35.5 Å². The summed E-state index contributed by atoms with van der Waals surface area (Å²) in [6, 6.07) is 8.56. The molecule has 1 amide bonds. The first-order valence-corrected chi connectivity index (χ1v) is 8.94. The minimum absolute atomic E-state index is 0.0189. The van der Waals surface area contributed by atoms with Crippen molar-refractivity contribution in [2.75, 3.05) is 32.8 Å². The molecule has 0 saturated carbocycles. The molecule has 1 saturated heterocycles. The van der Waals surface area contributed by atoms with Crippen molar-refractivity contribution in [2.45, 2.75) is 31.7 Å². The van der Waals surface area contributed by atoms with E-state index in [1.807, 2.05) is 11.8 Å². The Hall–Kier alpha value is -1.85. The Morgan fingerprint density at radius 1 is 1.29 bits per heavy atom. The molecule has 5 heteroatoms. The highest BCUT2D eigenvalue weighted by Crippen LogP contribution is 2.39. The molecule has 5 nitrogen and oxygen atoms in total. The van der Waals surface area contributed by atoms with Crippen LogP contribution in [0, 0.1) is 0 Å². The number of carbonyl (C=O) groups excluding carboxylic acids is 1. The minimum atomic E-state index is -0.0189. The number of H-pyrrole nitrogens is 1. The first-order valence-electron chi connectivity index (χ1n) is 8.94. The molecule has 24 heavy (non-hydrogen) atoms. The van der Waals surface area contributed by atoms with Crippen LogP contribution in [0.25, 0.3) is 10.9 Å². The molecule has 2 aliphatic rings. The number of hydrogen-bond donors (Lipinski definition) is 2. The minimum Gasteiger partial charge on any atom is -0.372 e. The van der Waals surface area contributed by atoms with Gasteiger partial charge in [0.25, 0.3) is 0 Å². The number of nitrogens with one attached hydrogen (secondary N) is 2. The average molecular weight is 327 g/mol. The van der Waals surface area contributed by atoms with Gasteiger partial charge in [0.15, 0.2) is 0 Å². The zero-order valence-corrected chi connectivity index (χ0v) is 14.2. The fourth-order valence-electron chi connectivity index (χ4n) is 4.23. The highest BCUT2D eigenvalue weighted by atomic mass is 16.5. The Morgan fingerprint density at radius 3 is 2.88 bits per heavy atom. The Labute approximate surface area is 142 Å². The lowest BCUT2D eigenvalue weighted by molar-refractivity contribution is -0.137. The van der Waals surface area contributed by atoms with Crippen molar-refractivity contribution in [3.63, 3.8) is 0 Å². The van der Waals surface area contributed by atoms with Crippen LogP contribution in [-0.2, 0) is 21.5 Å². The number of hydrogen-bond acceptors (Lipinski definition) is 3. The molecule has 1 aromatic carbocycles. The maximum absolute atomic E-state index is 12.2. The summed E-state index contributed by atoms with van der Waals surface area (Å²) in [6.45, 7) is 5.28. The van der Waals surface area contributed by atoms with Gasteiger partial charge in [0, 0.05) is 42.8 Å². The summed E-state index contributed by atoms with van der Waals surface area (Å²) in [7, 11) is 0. The second-order valence-corrected chi connectivity index (χ2v) is 6.80. The Bertz CT molecular complexity index is 744. The lowest BCUT2D eigenvalue weighted by Crippen LogP contribution is -2.55. The fraction of sp³-hybridized carbons (Fsp3) is 0.526. The number of rotatable bonds is 3. The third kappa shape index (κ3) is 2.52. The first-order chi connectivity index (χ1) is 11.7. The van der Waals surface area contributed by atoms with E-state index >= 15 is 0 Å². The van der Waals surface area contributed by atoms with E-state index < -0.39 is 0 Å². The number of benzene rings is 1. The van der Waals surface area contributed by atoms with E-state index in [2.05, 4.69) is 34.6 Å². The van der Waals surface area contributed by atoms with E-state index in [0.29, 0.717) is 6.61 Å². The molecule has 1 spiro atoms. The van der Waals surface area contributed by atoms with Gasteiger partial charge in [0.05, 0.1) is 5.54 Å². The third-order valence-corrected chi connectivity index (χ3v) is 5.53. The van der Waals surface area contributed by atoms with Gasteiger partial charge in [-0.15, -0.1) is 0 Å². The van der Waals surface area contributed by atoms with Crippen molar-refractivity contribution in [2.24, 2.45) is 0 Å². The smallest absolute Gasteiger partial charge is 0.248 e. The number of para-hydroxylation sites is 1. The molecular formula is C19H25N3O2. The molecule has 0 radical (unpaired) electrons. The molecule has 2 aliphatic heterocycles. The Kier molecular flexibility index (Phi) is 4.06. The summed E-state index contributed by atoms with van der Waals surface area (Å²) in [5.41, 5.74) is 4.00. The second kappa shape index (κ2) is 6.22. The number of aromatic nitrogens is 1. The summed E-state index contributed by atoms with van der Waals surface area (Å²) in [5.74, 6) is 0.111. The van der Waals surface area contributed by atoms with Crippen molar-refractivity contribution >= 4 is 16.8 Å². The van der Waals surface area contributed by atoms with Crippen LogP contribution in [0.4, 0.5) is 0 Å². The number of fused-ring (bicyclic) bond motifs is 4. The molecule has 0 unspecified atom stereocenters. The topological polar surface area (TPSA) is 57.4 Å². The highest BCUT2D eigenvalue weighted by Gasteiger charge is 2.41. The third-order valence-electron chi connectivity index (χ3n) is 5.53. The van der Waals surface area contributed by atoms with Gasteiger partial charge in [-0.3, -0.25) is 4.79 Å². The largest absolute Gasteiger partial charge is 0.372 e. The van der Waals surface area contributed by atoms with Crippen LogP contribution in [0.5, 0.6) is 0 Å². The van der Waals surface area contributed by atoms with E-state index in [9.17, 15) is 4.79 Å². The summed E-state index contributed by atoms with van der Waals surface area (Å²) in [4.78, 5) is 17.8. The monoisotopic (exact) mass is 327 g/mol. The van der Waals surface area contributed by atoms with E-state index in [4.69, 9.17) is 4.74 Å². The molecule has 2 N–H and O–H groups in total. The van der Waals surface area contributed by atoms with Crippen LogP contribution in [0.1, 0.15) is 31.0 Å². The second-order valence-electron chi connectivity index (χ2n) is 6.80. The zero-order valence-electron chi connectivity index (χ0n) is 14.2. The molecule has 2 aromatic rings. The van der Waals surface area contributed by atoms with E-state index in [1.54, 1.807) is 0 Å². The number of amides is 1. The van der Waals surface area contributed by atoms with Crippen LogP contribution in [0.3, 0.4) is 0 Å². The standard InChI is InChI=1S/C19H25N3O2/c1-2-24-13-17(23)22-11-8-19(9-12-22)18-15(7-10-20-19)14-5-3-4-6-16(14)21-18/h3-6,20-21H,2,7-13H2,1H3. The van der Waals surface area contributed by atoms with Gasteiger partial charge >= 0.3 is 0 Å². The Morgan fingerprint density at radius 2 is 2.08 bits per heavy atom. The van der Waals surface area contributed by atoms with Gasteiger partial charge in [-0.25, -0.2) is 0 Å². The fourth-order valence-corrected chi connectivity index (χ4v) is 4.23. The van der Waals surface area contributed by atoms with Crippen molar-refractivity contribution < 1.29 is 9.53 Å². The summed E-state index contributed by atoms with van der Waals surface area (Å²) < 4.78 is 5.27. The molecule has 0 bridgehead atoms. The normalized spacial score (nSPS) is 19.6. The zero-order chi connectivity index (χ0) is 16.6. The lowest BCUT2D eigenvalue weighted by atomic mass is 9.79. The quantitative estimate of drug-likeness (QED) is 0.908. The van der Waals surface area contributed by atoms with Gasteiger partial charge < -0.3 is 19.9 Å². The maximum Gasteiger partial charge on any atom is 0.248 e. The van der Waals surface area contributed by atoms with Crippen LogP contribution < -0.4 is 5.32 Å². The molecule has 0 aliphatic carbocycles. The molecule has 3 heterocycles. The number of carbonyl (C=O) groups is 1. The Balaban J connectivity index is 1.57. The number of likely N-dealkylation sites (tertiary alicyclic amines) is 1. The number of piperidine rings is 1. The predicted octanol–water partition coefficient (Wildman–Crippen LogP) is 2.17. The molecule has 0 atom stereocenters. The summed E-state index contributed by atoms with van der Waals surface area (Å²) >= 11 is 0. The first kappa shape index (κ1) is 15.7. The average Bonchev–Trinajstić information content (AvgIpc) is 3.01. The number of nitrogens with zero attached hydrogens (tertiary/aromatic N) is 1. The van der Waals surface area contributed by atoms with Crippen molar-refractivity contribution in [1.29, 1.82) is 0 Å². The number of ether oxygens (including phenoxy) is 1. The van der Waals surface area contributed by atoms with Gasteiger partial charge in [-0.05, 0) is 37.8 Å². The van der Waals surface area contributed by atoms with Crippen LogP contribution in [0.2, 0.25) is 0 Å². The molecular weight excluding hydrogens is 302 g/mol. The van der Waals surface area contributed by atoms with Crippen LogP contribution >= 0.6 is 0 Å². The maximum atomic E-state index is 12.2. The van der Waals surface area contributed by atoms with Gasteiger partial charge in [0.1, 0.15) is 6.61 Å². The van der Waals surface area contributed by atoms with Gasteiger partial charge in [0.2, 0.25) is 5.91 Å². The van der Waals surface area contributed by atoms with E-state index in [0.717, 1.165) is 38.9 Å². The van der Waals surface area contributed by atoms with Gasteiger partial charge in [-0.1, -0.05) is 18.2 Å². The van der Waals surface area contributed by atoms with E-state index in [-0.39, 0.29) is 18.1 Å². The van der Waals surface area contributed by atoms with E-state index in [1.165, 1.54) is 22.2 Å².